The number of nitrogens with zero attached hydrogens (tertiary/aromatic N) is 4. The predicted octanol–water partition coefficient (Wildman–Crippen LogP) is 5.28. The highest BCUT2D eigenvalue weighted by atomic mass is 16.1. The van der Waals surface area contributed by atoms with Crippen LogP contribution in [0.3, 0.4) is 0 Å². The fourth-order valence-electron chi connectivity index (χ4n) is 4.35. The van der Waals surface area contributed by atoms with Crippen molar-refractivity contribution in [3.8, 4) is 33.5 Å². The van der Waals surface area contributed by atoms with Crippen LogP contribution in [0.5, 0.6) is 0 Å². The molecule has 0 radical (unpaired) electrons. The van der Waals surface area contributed by atoms with Crippen molar-refractivity contribution in [1.82, 2.24) is 24.8 Å². The Bertz CT molecular complexity index is 1690. The number of aryl methyl sites for hydroxylation is 1. The first-order chi connectivity index (χ1) is 16.2. The third kappa shape index (κ3) is 3.11. The maximum absolute atomic E-state index is 13.8. The number of hydrogen-bond acceptors (Lipinski definition) is 4. The van der Waals surface area contributed by atoms with Gasteiger partial charge < -0.3 is 4.98 Å². The van der Waals surface area contributed by atoms with E-state index in [9.17, 15) is 4.79 Å². The summed E-state index contributed by atoms with van der Waals surface area (Å²) in [6.07, 6.45) is 1.65. The van der Waals surface area contributed by atoms with E-state index in [1.54, 1.807) is 6.20 Å². The minimum Gasteiger partial charge on any atom is -0.343 e. The van der Waals surface area contributed by atoms with Gasteiger partial charge in [-0.3, -0.25) is 4.79 Å². The zero-order valence-corrected chi connectivity index (χ0v) is 17.9. The standard InChI is InChI=1S/C27H19N5O/c1-17-23(21-12-13-22-20(16-21)14-15-28-30-22)27(33)32-26(29-17)24(18-8-4-2-5-9-18)25(31-32)19-10-6-3-7-11-19/h2-16,29H,1H3. The van der Waals surface area contributed by atoms with Gasteiger partial charge in [0, 0.05) is 16.6 Å². The normalized spacial score (nSPS) is 11.3. The number of rotatable bonds is 3. The molecule has 3 heterocycles. The molecule has 0 saturated heterocycles. The summed E-state index contributed by atoms with van der Waals surface area (Å²) in [4.78, 5) is 17.2. The third-order valence-electron chi connectivity index (χ3n) is 5.88. The van der Waals surface area contributed by atoms with Crippen LogP contribution < -0.4 is 5.56 Å². The zero-order valence-electron chi connectivity index (χ0n) is 17.9. The van der Waals surface area contributed by atoms with Gasteiger partial charge >= 0.3 is 0 Å². The molecule has 0 aliphatic heterocycles. The van der Waals surface area contributed by atoms with Crippen molar-refractivity contribution in [2.75, 3.05) is 0 Å². The van der Waals surface area contributed by atoms with E-state index in [4.69, 9.17) is 5.10 Å². The predicted molar refractivity (Wildman–Crippen MR) is 130 cm³/mol. The average Bonchev–Trinajstić information content (AvgIpc) is 3.24. The molecule has 0 amide bonds. The Morgan fingerprint density at radius 3 is 2.27 bits per heavy atom. The Labute approximate surface area is 189 Å². The summed E-state index contributed by atoms with van der Waals surface area (Å²) in [5.41, 5.74) is 7.11. The molecule has 0 aliphatic rings. The first-order valence-corrected chi connectivity index (χ1v) is 10.7. The highest BCUT2D eigenvalue weighted by Crippen LogP contribution is 2.34. The van der Waals surface area contributed by atoms with Gasteiger partial charge in [-0.05, 0) is 36.2 Å². The van der Waals surface area contributed by atoms with Crippen molar-refractivity contribution < 1.29 is 0 Å². The quantitative estimate of drug-likeness (QED) is 0.416. The van der Waals surface area contributed by atoms with Gasteiger partial charge in [0.05, 0.1) is 22.8 Å². The van der Waals surface area contributed by atoms with Gasteiger partial charge in [-0.15, -0.1) is 0 Å². The SMILES string of the molecule is Cc1[nH]c2c(-c3ccccc3)c(-c3ccccc3)nn2c(=O)c1-c1ccc2nnccc2c1. The second-order valence-corrected chi connectivity index (χ2v) is 7.95. The van der Waals surface area contributed by atoms with Gasteiger partial charge in [-0.2, -0.15) is 19.8 Å². The van der Waals surface area contributed by atoms with Crippen molar-refractivity contribution in [3.05, 3.63) is 107 Å². The van der Waals surface area contributed by atoms with Crippen molar-refractivity contribution in [2.45, 2.75) is 6.92 Å². The van der Waals surface area contributed by atoms with Crippen LogP contribution in [-0.4, -0.2) is 24.8 Å². The molecular formula is C27H19N5O. The maximum Gasteiger partial charge on any atom is 0.282 e. The van der Waals surface area contributed by atoms with Crippen LogP contribution >= 0.6 is 0 Å². The van der Waals surface area contributed by atoms with Crippen LogP contribution in [0.1, 0.15) is 5.69 Å². The van der Waals surface area contributed by atoms with Gasteiger partial charge in [0.25, 0.3) is 5.56 Å². The van der Waals surface area contributed by atoms with Crippen LogP contribution in [0.15, 0.2) is 95.9 Å². The van der Waals surface area contributed by atoms with E-state index in [-0.39, 0.29) is 5.56 Å². The summed E-state index contributed by atoms with van der Waals surface area (Å²) in [5.74, 6) is 0. The molecule has 0 fully saturated rings. The number of H-pyrrole nitrogens is 1. The molecule has 33 heavy (non-hydrogen) atoms. The van der Waals surface area contributed by atoms with Crippen LogP contribution in [0.25, 0.3) is 50.1 Å². The number of aromatic nitrogens is 5. The molecule has 0 unspecified atom stereocenters. The van der Waals surface area contributed by atoms with Crippen LogP contribution in [0.2, 0.25) is 0 Å². The lowest BCUT2D eigenvalue weighted by atomic mass is 10.0. The Morgan fingerprint density at radius 2 is 1.52 bits per heavy atom. The van der Waals surface area contributed by atoms with Crippen molar-refractivity contribution in [1.29, 1.82) is 0 Å². The van der Waals surface area contributed by atoms with E-state index in [0.717, 1.165) is 44.5 Å². The van der Waals surface area contributed by atoms with E-state index >= 15 is 0 Å². The van der Waals surface area contributed by atoms with Gasteiger partial charge in [-0.1, -0.05) is 66.7 Å². The first kappa shape index (κ1) is 19.1. The monoisotopic (exact) mass is 429 g/mol. The van der Waals surface area contributed by atoms with Crippen molar-refractivity contribution in [3.63, 3.8) is 0 Å². The molecule has 6 rings (SSSR count). The number of hydrogen-bond donors (Lipinski definition) is 1. The molecule has 6 heteroatoms. The summed E-state index contributed by atoms with van der Waals surface area (Å²) < 4.78 is 1.49. The Hall–Kier alpha value is -4.58. The fraction of sp³-hybridized carbons (Fsp3) is 0.0370. The molecule has 0 spiro atoms. The molecule has 6 nitrogen and oxygen atoms in total. The minimum atomic E-state index is -0.165. The van der Waals surface area contributed by atoms with E-state index in [1.807, 2.05) is 91.9 Å². The molecule has 158 valence electrons. The van der Waals surface area contributed by atoms with Crippen molar-refractivity contribution in [2.24, 2.45) is 0 Å². The fourth-order valence-corrected chi connectivity index (χ4v) is 4.35. The number of fused-ring (bicyclic) bond motifs is 2. The molecule has 6 aromatic rings. The summed E-state index contributed by atoms with van der Waals surface area (Å²) in [6.45, 7) is 1.93. The molecule has 0 bridgehead atoms. The lowest BCUT2D eigenvalue weighted by molar-refractivity contribution is 0.897. The van der Waals surface area contributed by atoms with E-state index in [2.05, 4.69) is 15.2 Å². The molecule has 0 aliphatic carbocycles. The number of nitrogens with one attached hydrogen (secondary N) is 1. The van der Waals surface area contributed by atoms with E-state index in [1.165, 1.54) is 4.52 Å². The second-order valence-electron chi connectivity index (χ2n) is 7.95. The summed E-state index contributed by atoms with van der Waals surface area (Å²) in [5, 5.41) is 13.8. The highest BCUT2D eigenvalue weighted by Gasteiger charge is 2.21. The van der Waals surface area contributed by atoms with Crippen LogP contribution in [-0.2, 0) is 0 Å². The lowest BCUT2D eigenvalue weighted by Gasteiger charge is -2.09. The molecule has 1 N–H and O–H groups in total. The number of benzene rings is 3. The van der Waals surface area contributed by atoms with Gasteiger partial charge in [0.1, 0.15) is 11.3 Å². The van der Waals surface area contributed by atoms with Crippen molar-refractivity contribution >= 4 is 16.6 Å². The molecule has 3 aromatic heterocycles. The van der Waals surface area contributed by atoms with E-state index in [0.29, 0.717) is 11.2 Å². The molecule has 0 saturated carbocycles. The Balaban J connectivity index is 1.66. The first-order valence-electron chi connectivity index (χ1n) is 10.7. The summed E-state index contributed by atoms with van der Waals surface area (Å²) in [7, 11) is 0. The summed E-state index contributed by atoms with van der Waals surface area (Å²) >= 11 is 0. The van der Waals surface area contributed by atoms with Gasteiger partial charge in [0.15, 0.2) is 0 Å². The third-order valence-corrected chi connectivity index (χ3v) is 5.88. The maximum atomic E-state index is 13.8. The van der Waals surface area contributed by atoms with Crippen LogP contribution in [0, 0.1) is 6.92 Å². The average molecular weight is 429 g/mol. The smallest absolute Gasteiger partial charge is 0.282 e. The largest absolute Gasteiger partial charge is 0.343 e. The number of aromatic amines is 1. The summed E-state index contributed by atoms with van der Waals surface area (Å²) in [6, 6.07) is 27.6. The topological polar surface area (TPSA) is 75.9 Å². The minimum absolute atomic E-state index is 0.165. The Morgan fingerprint density at radius 1 is 0.788 bits per heavy atom. The Kier molecular flexibility index (Phi) is 4.36. The van der Waals surface area contributed by atoms with E-state index < -0.39 is 0 Å². The zero-order chi connectivity index (χ0) is 22.4. The second kappa shape index (κ2) is 7.53. The lowest BCUT2D eigenvalue weighted by Crippen LogP contribution is -2.19. The molecule has 3 aromatic carbocycles. The van der Waals surface area contributed by atoms with Gasteiger partial charge in [0.2, 0.25) is 0 Å². The highest BCUT2D eigenvalue weighted by molar-refractivity contribution is 5.91. The van der Waals surface area contributed by atoms with Crippen LogP contribution in [0.4, 0.5) is 0 Å². The molecule has 0 atom stereocenters. The molecular weight excluding hydrogens is 410 g/mol. The van der Waals surface area contributed by atoms with Gasteiger partial charge in [-0.25, -0.2) is 0 Å².